The quantitative estimate of drug-likeness (QED) is 0.335. The smallest absolute Gasteiger partial charge is 0.256 e. The number of hydrogen-bond donors (Lipinski definition) is 1. The molecule has 2 aliphatic rings. The van der Waals surface area contributed by atoms with Crippen LogP contribution in [0, 0.1) is 11.3 Å². The van der Waals surface area contributed by atoms with E-state index in [2.05, 4.69) is 32.9 Å². The van der Waals surface area contributed by atoms with Gasteiger partial charge >= 0.3 is 0 Å². The van der Waals surface area contributed by atoms with Crippen LogP contribution in [-0.2, 0) is 4.79 Å². The maximum absolute atomic E-state index is 12.9. The number of likely N-dealkylation sites (N-methyl/N-ethyl adjacent to an activating group) is 1. The Morgan fingerprint density at radius 2 is 1.79 bits per heavy atom. The number of pyridine rings is 2. The number of rotatable bonds is 8. The van der Waals surface area contributed by atoms with Gasteiger partial charge in [0.25, 0.3) is 5.91 Å². The molecule has 2 aliphatic heterocycles. The van der Waals surface area contributed by atoms with E-state index in [0.717, 1.165) is 49.7 Å². The molecule has 2 fully saturated rings. The summed E-state index contributed by atoms with van der Waals surface area (Å²) >= 11 is 0. The maximum Gasteiger partial charge on any atom is 0.256 e. The van der Waals surface area contributed by atoms with Crippen LogP contribution in [0.2, 0.25) is 0 Å². The van der Waals surface area contributed by atoms with Crippen LogP contribution in [0.25, 0.3) is 16.6 Å². The van der Waals surface area contributed by atoms with E-state index in [1.54, 1.807) is 27.7 Å². The highest BCUT2D eigenvalue weighted by atomic mass is 16.5. The van der Waals surface area contributed by atoms with E-state index in [1.165, 1.54) is 0 Å². The van der Waals surface area contributed by atoms with Gasteiger partial charge in [0, 0.05) is 76.2 Å². The largest absolute Gasteiger partial charge is 0.491 e. The molecule has 0 radical (unpaired) electrons. The number of piperazine rings is 2. The second kappa shape index (κ2) is 12.8. The number of hydrogen-bond acceptors (Lipinski definition) is 9. The highest BCUT2D eigenvalue weighted by Crippen LogP contribution is 2.31. The van der Waals surface area contributed by atoms with Gasteiger partial charge in [-0.25, -0.2) is 9.50 Å². The van der Waals surface area contributed by atoms with Crippen LogP contribution < -0.4 is 9.64 Å². The molecular weight excluding hydrogens is 544 g/mol. The SMILES string of the molecule is CN1CCN(CCOc2cc(-c3ccc(N4CCN(C(=O)C(O)c5ccccc5)CC4)nc3)c3c(C#N)cnn3c2)CC1. The van der Waals surface area contributed by atoms with Crippen molar-refractivity contribution in [1.82, 2.24) is 29.3 Å². The van der Waals surface area contributed by atoms with E-state index in [0.29, 0.717) is 55.2 Å². The van der Waals surface area contributed by atoms with E-state index in [9.17, 15) is 15.2 Å². The molecule has 43 heavy (non-hydrogen) atoms. The Morgan fingerprint density at radius 1 is 1.02 bits per heavy atom. The van der Waals surface area contributed by atoms with E-state index < -0.39 is 6.10 Å². The van der Waals surface area contributed by atoms with Gasteiger partial charge < -0.3 is 24.5 Å². The second-order valence-corrected chi connectivity index (χ2v) is 11.1. The number of carbonyl (C=O) groups is 1. The Balaban J connectivity index is 1.13. The summed E-state index contributed by atoms with van der Waals surface area (Å²) in [5.74, 6) is 1.22. The van der Waals surface area contributed by atoms with E-state index in [4.69, 9.17) is 9.72 Å². The molecule has 0 spiro atoms. The Bertz CT molecular complexity index is 1580. The number of nitrogens with zero attached hydrogens (tertiary/aromatic N) is 8. The number of aromatic nitrogens is 3. The number of fused-ring (bicyclic) bond motifs is 1. The normalized spacial score (nSPS) is 17.1. The molecule has 6 rings (SSSR count). The summed E-state index contributed by atoms with van der Waals surface area (Å²) < 4.78 is 7.87. The van der Waals surface area contributed by atoms with Gasteiger partial charge in [-0.3, -0.25) is 9.69 Å². The molecule has 4 aromatic rings. The fourth-order valence-corrected chi connectivity index (χ4v) is 5.68. The zero-order chi connectivity index (χ0) is 29.8. The van der Waals surface area contributed by atoms with Gasteiger partial charge in [0.1, 0.15) is 24.2 Å². The number of ether oxygens (including phenoxy) is 1. The number of anilines is 1. The molecule has 1 N–H and O–H groups in total. The first-order valence-electron chi connectivity index (χ1n) is 14.7. The van der Waals surface area contributed by atoms with Crippen LogP contribution in [0.1, 0.15) is 17.2 Å². The summed E-state index contributed by atoms with van der Waals surface area (Å²) in [6.45, 7) is 7.84. The summed E-state index contributed by atoms with van der Waals surface area (Å²) in [6.07, 6.45) is 4.05. The zero-order valence-corrected chi connectivity index (χ0v) is 24.3. The van der Waals surface area contributed by atoms with Crippen LogP contribution in [0.5, 0.6) is 5.75 Å². The first-order chi connectivity index (χ1) is 21.0. The lowest BCUT2D eigenvalue weighted by Crippen LogP contribution is -2.50. The van der Waals surface area contributed by atoms with Crippen LogP contribution in [0.3, 0.4) is 0 Å². The molecule has 1 amide bonds. The van der Waals surface area contributed by atoms with Gasteiger partial charge in [-0.15, -0.1) is 0 Å². The number of aliphatic hydroxyl groups excluding tert-OH is 1. The third kappa shape index (κ3) is 6.32. The summed E-state index contributed by atoms with van der Waals surface area (Å²) in [7, 11) is 2.15. The van der Waals surface area contributed by atoms with Gasteiger partial charge in [-0.1, -0.05) is 30.3 Å². The number of aliphatic hydroxyl groups is 1. The average molecular weight is 581 g/mol. The average Bonchev–Trinajstić information content (AvgIpc) is 3.48. The van der Waals surface area contributed by atoms with Crippen molar-refractivity contribution in [2.75, 3.05) is 77.5 Å². The lowest BCUT2D eigenvalue weighted by atomic mass is 10.1. The van der Waals surface area contributed by atoms with E-state index in [1.807, 2.05) is 48.8 Å². The molecule has 2 saturated heterocycles. The molecule has 5 heterocycles. The van der Waals surface area contributed by atoms with Crippen molar-refractivity contribution < 1.29 is 14.6 Å². The molecule has 0 saturated carbocycles. The summed E-state index contributed by atoms with van der Waals surface area (Å²) in [5.41, 5.74) is 3.49. The molecule has 1 unspecified atom stereocenters. The minimum absolute atomic E-state index is 0.280. The Kier molecular flexibility index (Phi) is 8.51. The van der Waals surface area contributed by atoms with E-state index >= 15 is 0 Å². The summed E-state index contributed by atoms with van der Waals surface area (Å²) in [4.78, 5) is 26.2. The first-order valence-corrected chi connectivity index (χ1v) is 14.7. The third-order valence-corrected chi connectivity index (χ3v) is 8.30. The molecule has 3 aromatic heterocycles. The van der Waals surface area contributed by atoms with Crippen molar-refractivity contribution in [2.24, 2.45) is 0 Å². The van der Waals surface area contributed by atoms with Crippen molar-refractivity contribution in [2.45, 2.75) is 6.10 Å². The lowest BCUT2D eigenvalue weighted by molar-refractivity contribution is -0.140. The molecule has 11 nitrogen and oxygen atoms in total. The maximum atomic E-state index is 12.9. The van der Waals surface area contributed by atoms with Gasteiger partial charge in [0.2, 0.25) is 0 Å². The fourth-order valence-electron chi connectivity index (χ4n) is 5.68. The van der Waals surface area contributed by atoms with Crippen molar-refractivity contribution in [3.63, 3.8) is 0 Å². The highest BCUT2D eigenvalue weighted by Gasteiger charge is 2.27. The standard InChI is InChI=1S/C32H36N8O3/c1-36-9-11-37(12-10-36)17-18-43-27-19-28(30-26(20-33)22-35-40(30)23-27)25-7-8-29(34-21-25)38-13-15-39(16-14-38)32(42)31(41)24-5-3-2-4-6-24/h2-8,19,21-23,31,41H,9-18H2,1H3. The van der Waals surface area contributed by atoms with Gasteiger partial charge in [0.05, 0.1) is 23.5 Å². The topological polar surface area (TPSA) is 113 Å². The van der Waals surface area contributed by atoms with Crippen LogP contribution in [0.4, 0.5) is 5.82 Å². The number of amides is 1. The first kappa shape index (κ1) is 28.6. The van der Waals surface area contributed by atoms with Crippen LogP contribution in [-0.4, -0.2) is 113 Å². The van der Waals surface area contributed by atoms with Gasteiger partial charge in [-0.2, -0.15) is 10.4 Å². The van der Waals surface area contributed by atoms with Gasteiger partial charge in [-0.05, 0) is 30.8 Å². The molecule has 1 aromatic carbocycles. The van der Waals surface area contributed by atoms with E-state index in [-0.39, 0.29) is 5.91 Å². The Hall–Kier alpha value is -4.50. The molecule has 0 bridgehead atoms. The number of nitriles is 1. The predicted molar refractivity (Wildman–Crippen MR) is 163 cm³/mol. The minimum Gasteiger partial charge on any atom is -0.491 e. The van der Waals surface area contributed by atoms with Crippen molar-refractivity contribution in [1.29, 1.82) is 5.26 Å². The van der Waals surface area contributed by atoms with Gasteiger partial charge in [0.15, 0.2) is 6.10 Å². The van der Waals surface area contributed by atoms with Crippen molar-refractivity contribution in [3.05, 3.63) is 78.2 Å². The Morgan fingerprint density at radius 3 is 2.49 bits per heavy atom. The molecule has 222 valence electrons. The lowest BCUT2D eigenvalue weighted by Gasteiger charge is -2.36. The van der Waals surface area contributed by atoms with Crippen molar-refractivity contribution >= 4 is 17.2 Å². The Labute approximate surface area is 251 Å². The predicted octanol–water partition coefficient (Wildman–Crippen LogP) is 2.28. The molecule has 11 heteroatoms. The minimum atomic E-state index is -1.16. The monoisotopic (exact) mass is 580 g/mol. The fraction of sp³-hybridized carbons (Fsp3) is 0.375. The second-order valence-electron chi connectivity index (χ2n) is 11.1. The zero-order valence-electron chi connectivity index (χ0n) is 24.3. The third-order valence-electron chi connectivity index (χ3n) is 8.30. The van der Waals surface area contributed by atoms with Crippen LogP contribution >= 0.6 is 0 Å². The number of carbonyl (C=O) groups excluding carboxylic acids is 1. The molecular formula is C32H36N8O3. The highest BCUT2D eigenvalue weighted by molar-refractivity contribution is 5.85. The van der Waals surface area contributed by atoms with Crippen LogP contribution in [0.15, 0.2) is 67.1 Å². The molecule has 1 atom stereocenters. The number of benzene rings is 1. The molecule has 0 aliphatic carbocycles. The van der Waals surface area contributed by atoms with Crippen molar-refractivity contribution in [3.8, 4) is 22.9 Å². The summed E-state index contributed by atoms with van der Waals surface area (Å²) in [6, 6.07) is 17.2. The summed E-state index contributed by atoms with van der Waals surface area (Å²) in [5, 5.41) is 24.7.